The van der Waals surface area contributed by atoms with Gasteiger partial charge in [0.05, 0.1) is 11.1 Å². The minimum Gasteiger partial charge on any atom is -0.310 e. The second-order valence-electron chi connectivity index (χ2n) is 19.1. The lowest BCUT2D eigenvalue weighted by atomic mass is 9.67. The predicted octanol–water partition coefficient (Wildman–Crippen LogP) is 19.1. The maximum absolute atomic E-state index is 2.51. The zero-order valence-corrected chi connectivity index (χ0v) is 39.6. The number of anilines is 3. The van der Waals surface area contributed by atoms with E-state index in [0.717, 1.165) is 28.2 Å². The van der Waals surface area contributed by atoms with Crippen LogP contribution in [-0.4, -0.2) is 0 Å². The van der Waals surface area contributed by atoms with E-state index in [1.807, 2.05) is 0 Å². The smallest absolute Gasteiger partial charge is 0.0714 e. The number of benzene rings is 13. The van der Waals surface area contributed by atoms with E-state index in [-0.39, 0.29) is 0 Å². The number of hydrogen-bond donors (Lipinski definition) is 0. The monoisotopic (exact) mass is 913 g/mol. The average Bonchev–Trinajstić information content (AvgIpc) is 3.76. The fraction of sp³-hybridized carbons (Fsp3) is 0.0141. The van der Waals surface area contributed by atoms with E-state index in [0.29, 0.717) is 0 Å². The summed E-state index contributed by atoms with van der Waals surface area (Å²) in [7, 11) is 0. The predicted molar refractivity (Wildman–Crippen MR) is 305 cm³/mol. The maximum atomic E-state index is 2.51. The first-order valence-electron chi connectivity index (χ1n) is 25.0. The lowest BCUT2D eigenvalue weighted by Gasteiger charge is -2.35. The molecule has 0 unspecified atom stereocenters. The molecule has 13 aromatic carbocycles. The van der Waals surface area contributed by atoms with Crippen molar-refractivity contribution in [3.8, 4) is 44.5 Å². The summed E-state index contributed by atoms with van der Waals surface area (Å²) < 4.78 is 0. The molecule has 13 aromatic rings. The van der Waals surface area contributed by atoms with Crippen molar-refractivity contribution in [1.82, 2.24) is 0 Å². The van der Waals surface area contributed by atoms with Crippen LogP contribution in [-0.2, 0) is 5.41 Å². The molecule has 336 valence electrons. The molecule has 72 heavy (non-hydrogen) atoms. The van der Waals surface area contributed by atoms with E-state index in [1.165, 1.54) is 98.7 Å². The molecule has 0 saturated heterocycles. The van der Waals surface area contributed by atoms with Crippen molar-refractivity contribution in [1.29, 1.82) is 0 Å². The summed E-state index contributed by atoms with van der Waals surface area (Å²) in [5, 5.41) is 9.89. The molecule has 0 fully saturated rings. The van der Waals surface area contributed by atoms with E-state index in [2.05, 4.69) is 290 Å². The van der Waals surface area contributed by atoms with E-state index < -0.39 is 5.41 Å². The molecule has 0 N–H and O–H groups in total. The minimum absolute atomic E-state index is 0.552. The molecule has 1 aliphatic rings. The highest BCUT2D eigenvalue weighted by atomic mass is 15.1. The van der Waals surface area contributed by atoms with Crippen molar-refractivity contribution >= 4 is 60.2 Å². The van der Waals surface area contributed by atoms with Gasteiger partial charge in [-0.15, -0.1) is 0 Å². The Balaban J connectivity index is 1.05. The molecular weight excluding hydrogens is 867 g/mol. The summed E-state index contributed by atoms with van der Waals surface area (Å²) in [5.74, 6) is 0. The number of rotatable bonds is 8. The van der Waals surface area contributed by atoms with Gasteiger partial charge in [-0.1, -0.05) is 249 Å². The largest absolute Gasteiger partial charge is 0.310 e. The number of hydrogen-bond acceptors (Lipinski definition) is 1. The molecule has 0 saturated carbocycles. The zero-order valence-electron chi connectivity index (χ0n) is 39.6. The first-order chi connectivity index (χ1) is 35.7. The van der Waals surface area contributed by atoms with Crippen LogP contribution >= 0.6 is 0 Å². The molecule has 0 bridgehead atoms. The van der Waals surface area contributed by atoms with Gasteiger partial charge in [-0.3, -0.25) is 0 Å². The molecule has 14 rings (SSSR count). The maximum Gasteiger partial charge on any atom is 0.0714 e. The molecule has 0 amide bonds. The molecule has 0 atom stereocenters. The summed E-state index contributed by atoms with van der Waals surface area (Å²) >= 11 is 0. The Morgan fingerprint density at radius 2 is 0.736 bits per heavy atom. The van der Waals surface area contributed by atoms with Crippen LogP contribution < -0.4 is 4.90 Å². The fourth-order valence-corrected chi connectivity index (χ4v) is 12.2. The first kappa shape index (κ1) is 41.7. The van der Waals surface area contributed by atoms with E-state index in [4.69, 9.17) is 0 Å². The molecular formula is C71H47N. The van der Waals surface area contributed by atoms with E-state index >= 15 is 0 Å². The quantitative estimate of drug-likeness (QED) is 0.137. The molecule has 0 heterocycles. The van der Waals surface area contributed by atoms with Gasteiger partial charge in [0.25, 0.3) is 0 Å². The third kappa shape index (κ3) is 6.48. The molecule has 0 spiro atoms. The van der Waals surface area contributed by atoms with Crippen molar-refractivity contribution in [2.45, 2.75) is 5.41 Å². The van der Waals surface area contributed by atoms with Crippen LogP contribution in [0.15, 0.2) is 285 Å². The molecule has 1 nitrogen and oxygen atoms in total. The lowest BCUT2D eigenvalue weighted by molar-refractivity contribution is 0.768. The van der Waals surface area contributed by atoms with Gasteiger partial charge in [0.15, 0.2) is 0 Å². The van der Waals surface area contributed by atoms with Crippen LogP contribution in [0.5, 0.6) is 0 Å². The summed E-state index contributed by atoms with van der Waals surface area (Å²) in [4.78, 5) is 2.51. The van der Waals surface area contributed by atoms with Gasteiger partial charge < -0.3 is 4.90 Å². The van der Waals surface area contributed by atoms with Gasteiger partial charge in [0.1, 0.15) is 0 Å². The fourth-order valence-electron chi connectivity index (χ4n) is 12.2. The highest BCUT2D eigenvalue weighted by molar-refractivity contribution is 6.22. The highest BCUT2D eigenvalue weighted by Crippen LogP contribution is 2.58. The van der Waals surface area contributed by atoms with Crippen LogP contribution in [0.2, 0.25) is 0 Å². The third-order valence-corrected chi connectivity index (χ3v) is 15.3. The number of fused-ring (bicyclic) bond motifs is 9. The van der Waals surface area contributed by atoms with Crippen molar-refractivity contribution < 1.29 is 0 Å². The summed E-state index contributed by atoms with van der Waals surface area (Å²) in [6, 6.07) is 106. The van der Waals surface area contributed by atoms with Gasteiger partial charge >= 0.3 is 0 Å². The normalized spacial score (nSPS) is 12.6. The van der Waals surface area contributed by atoms with Crippen LogP contribution in [0.25, 0.3) is 87.6 Å². The Morgan fingerprint density at radius 1 is 0.250 bits per heavy atom. The number of para-hydroxylation sites is 1. The zero-order chi connectivity index (χ0) is 47.6. The van der Waals surface area contributed by atoms with Gasteiger partial charge in [0, 0.05) is 16.9 Å². The molecule has 1 aliphatic carbocycles. The lowest BCUT2D eigenvalue weighted by Crippen LogP contribution is -2.28. The Labute approximate surface area is 420 Å². The van der Waals surface area contributed by atoms with Crippen LogP contribution in [0.4, 0.5) is 17.1 Å². The Kier molecular flexibility index (Phi) is 9.82. The van der Waals surface area contributed by atoms with Crippen LogP contribution in [0.3, 0.4) is 0 Å². The Bertz CT molecular complexity index is 4160. The second kappa shape index (κ2) is 17.0. The highest BCUT2D eigenvalue weighted by Gasteiger charge is 2.46. The summed E-state index contributed by atoms with van der Waals surface area (Å²) in [5.41, 5.74) is 17.5. The van der Waals surface area contributed by atoms with E-state index in [9.17, 15) is 0 Å². The average molecular weight is 914 g/mol. The molecule has 0 aromatic heterocycles. The molecule has 1 heteroatoms. The summed E-state index contributed by atoms with van der Waals surface area (Å²) in [6.45, 7) is 0. The SMILES string of the molecule is c1ccc(-c2c(-c3ccccc3)c3cc(-c4ccccc4N(c4ccc5c(c4)C(c4ccccc4)(c4ccccc4)c4ccccc4-5)c4ccc5c(ccc6ccccc65)c4)ccc3c3ccccc23)cc1. The summed E-state index contributed by atoms with van der Waals surface area (Å²) in [6.07, 6.45) is 0. The Morgan fingerprint density at radius 3 is 1.46 bits per heavy atom. The van der Waals surface area contributed by atoms with Gasteiger partial charge in [-0.2, -0.15) is 0 Å². The third-order valence-electron chi connectivity index (χ3n) is 15.3. The second-order valence-corrected chi connectivity index (χ2v) is 19.1. The van der Waals surface area contributed by atoms with Crippen molar-refractivity contribution in [3.63, 3.8) is 0 Å². The standard InChI is InChI=1S/C71H47N/c1-5-22-49(23-6-1)69-64-34-16-15-32-60(64)61-42-39-52(46-65(61)70(69)50-24-7-2-8-25-50)59-31-18-20-36-68(59)72(55-40-43-58-51(45-55)38-37-48-21-13-14-30-57(48)58)56-41-44-63-62-33-17-19-35-66(62)71(67(63)47-56,53-26-9-3-10-27-53)54-28-11-4-12-29-54/h1-47H. The van der Waals surface area contributed by atoms with Crippen LogP contribution in [0.1, 0.15) is 22.3 Å². The molecule has 0 aliphatic heterocycles. The molecule has 0 radical (unpaired) electrons. The van der Waals surface area contributed by atoms with E-state index in [1.54, 1.807) is 0 Å². The minimum atomic E-state index is -0.552. The van der Waals surface area contributed by atoms with Crippen molar-refractivity contribution in [2.24, 2.45) is 0 Å². The van der Waals surface area contributed by atoms with Crippen molar-refractivity contribution in [2.75, 3.05) is 4.90 Å². The van der Waals surface area contributed by atoms with Crippen LogP contribution in [0, 0.1) is 0 Å². The van der Waals surface area contributed by atoms with Gasteiger partial charge in [-0.25, -0.2) is 0 Å². The Hall–Kier alpha value is -9.30. The van der Waals surface area contributed by atoms with Gasteiger partial charge in [-0.05, 0) is 141 Å². The topological polar surface area (TPSA) is 3.24 Å². The van der Waals surface area contributed by atoms with Crippen molar-refractivity contribution in [3.05, 3.63) is 307 Å². The number of nitrogens with zero attached hydrogens (tertiary/aromatic N) is 1. The van der Waals surface area contributed by atoms with Gasteiger partial charge in [0.2, 0.25) is 0 Å². The first-order valence-corrected chi connectivity index (χ1v) is 25.0.